The Morgan fingerprint density at radius 1 is 0.935 bits per heavy atom. The first-order chi connectivity index (χ1) is 14.9. The van der Waals surface area contributed by atoms with Crippen molar-refractivity contribution in [2.75, 3.05) is 28.4 Å². The van der Waals surface area contributed by atoms with E-state index >= 15 is 0 Å². The molecule has 7 heteroatoms. The molecular formula is C24H30O7. The van der Waals surface area contributed by atoms with E-state index in [2.05, 4.69) is 6.58 Å². The lowest BCUT2D eigenvalue weighted by atomic mass is 10.0. The standard InChI is InChI=1S/C24H30O7/c1-8-9-17-10-13-20(27-5)24(23(17)29-7)30-15(2)22(31-16(3)25)18-11-12-19(26-4)21(14-18)28-6/h8,10-15,22H,1,9H2,2-7H3/t15-,22+/m0/s1. The van der Waals surface area contributed by atoms with Crippen LogP contribution in [0, 0.1) is 0 Å². The smallest absolute Gasteiger partial charge is 0.303 e. The van der Waals surface area contributed by atoms with Crippen molar-refractivity contribution in [1.82, 2.24) is 0 Å². The quantitative estimate of drug-likeness (QED) is 0.383. The van der Waals surface area contributed by atoms with Crippen LogP contribution in [0.25, 0.3) is 0 Å². The van der Waals surface area contributed by atoms with Gasteiger partial charge in [0.1, 0.15) is 6.10 Å². The maximum atomic E-state index is 11.9. The number of hydrogen-bond donors (Lipinski definition) is 0. The summed E-state index contributed by atoms with van der Waals surface area (Å²) in [5.41, 5.74) is 1.59. The molecule has 0 saturated carbocycles. The molecule has 0 aromatic heterocycles. The van der Waals surface area contributed by atoms with Gasteiger partial charge in [-0.1, -0.05) is 18.2 Å². The van der Waals surface area contributed by atoms with Gasteiger partial charge in [-0.05, 0) is 31.5 Å². The molecule has 0 heterocycles. The molecule has 0 aliphatic carbocycles. The Balaban J connectivity index is 2.48. The van der Waals surface area contributed by atoms with Crippen molar-refractivity contribution in [3.63, 3.8) is 0 Å². The molecule has 0 aliphatic heterocycles. The fourth-order valence-electron chi connectivity index (χ4n) is 3.29. The van der Waals surface area contributed by atoms with E-state index in [0.717, 1.165) is 5.56 Å². The van der Waals surface area contributed by atoms with E-state index < -0.39 is 18.2 Å². The lowest BCUT2D eigenvalue weighted by molar-refractivity contribution is -0.151. The summed E-state index contributed by atoms with van der Waals surface area (Å²) in [5.74, 6) is 2.13. The van der Waals surface area contributed by atoms with Crippen LogP contribution in [0.2, 0.25) is 0 Å². The zero-order chi connectivity index (χ0) is 23.0. The number of carbonyl (C=O) groups excluding carboxylic acids is 1. The Labute approximate surface area is 183 Å². The van der Waals surface area contributed by atoms with Crippen LogP contribution in [0.1, 0.15) is 31.1 Å². The van der Waals surface area contributed by atoms with Gasteiger partial charge in [0.25, 0.3) is 0 Å². The number of rotatable bonds is 11. The predicted octanol–water partition coefficient (Wildman–Crippen LogP) is 4.52. The van der Waals surface area contributed by atoms with Gasteiger partial charge in [0, 0.05) is 18.1 Å². The first kappa shape index (κ1) is 23.9. The molecule has 2 rings (SSSR count). The molecule has 0 bridgehead atoms. The van der Waals surface area contributed by atoms with Crippen LogP contribution in [0.5, 0.6) is 28.7 Å². The van der Waals surface area contributed by atoms with Crippen molar-refractivity contribution >= 4 is 5.97 Å². The molecule has 0 N–H and O–H groups in total. The van der Waals surface area contributed by atoms with Crippen molar-refractivity contribution in [3.8, 4) is 28.7 Å². The number of benzene rings is 2. The highest BCUT2D eigenvalue weighted by Gasteiger charge is 2.28. The maximum Gasteiger partial charge on any atom is 0.303 e. The van der Waals surface area contributed by atoms with Crippen molar-refractivity contribution in [2.45, 2.75) is 32.5 Å². The van der Waals surface area contributed by atoms with Crippen LogP contribution >= 0.6 is 0 Å². The predicted molar refractivity (Wildman–Crippen MR) is 118 cm³/mol. The molecular weight excluding hydrogens is 400 g/mol. The summed E-state index contributed by atoms with van der Waals surface area (Å²) < 4.78 is 33.6. The minimum atomic E-state index is -0.713. The molecule has 7 nitrogen and oxygen atoms in total. The first-order valence-corrected chi connectivity index (χ1v) is 9.80. The fraction of sp³-hybridized carbons (Fsp3) is 0.375. The van der Waals surface area contributed by atoms with Gasteiger partial charge in [-0.15, -0.1) is 6.58 Å². The van der Waals surface area contributed by atoms with Gasteiger partial charge >= 0.3 is 5.97 Å². The third-order valence-corrected chi connectivity index (χ3v) is 4.71. The molecule has 0 radical (unpaired) electrons. The van der Waals surface area contributed by atoms with Crippen molar-refractivity contribution in [3.05, 3.63) is 54.1 Å². The molecule has 0 amide bonds. The second-order valence-corrected chi connectivity index (χ2v) is 6.75. The van der Waals surface area contributed by atoms with Crippen LogP contribution in [-0.2, 0) is 16.0 Å². The average Bonchev–Trinajstić information content (AvgIpc) is 2.77. The molecule has 0 unspecified atom stereocenters. The highest BCUT2D eigenvalue weighted by Crippen LogP contribution is 2.42. The minimum Gasteiger partial charge on any atom is -0.493 e. The molecule has 2 atom stereocenters. The molecule has 0 fully saturated rings. The maximum absolute atomic E-state index is 11.9. The lowest BCUT2D eigenvalue weighted by Crippen LogP contribution is -2.26. The van der Waals surface area contributed by atoms with E-state index in [1.165, 1.54) is 6.92 Å². The summed E-state index contributed by atoms with van der Waals surface area (Å²) in [6.45, 7) is 6.95. The molecule has 2 aromatic rings. The Hall–Kier alpha value is -3.35. The molecule has 2 aromatic carbocycles. The van der Waals surface area contributed by atoms with Crippen LogP contribution in [-0.4, -0.2) is 40.5 Å². The number of carbonyl (C=O) groups is 1. The Kier molecular flexibility index (Phi) is 8.61. The van der Waals surface area contributed by atoms with Gasteiger partial charge in [-0.25, -0.2) is 0 Å². The van der Waals surface area contributed by atoms with E-state index in [-0.39, 0.29) is 0 Å². The topological polar surface area (TPSA) is 72.5 Å². The van der Waals surface area contributed by atoms with Crippen LogP contribution < -0.4 is 23.7 Å². The molecule has 168 valence electrons. The van der Waals surface area contributed by atoms with Crippen molar-refractivity contribution in [1.29, 1.82) is 0 Å². The SMILES string of the molecule is C=CCc1ccc(OC)c(O[C@@H](C)[C@@H](OC(C)=O)c2ccc(OC)c(OC)c2)c1OC. The summed E-state index contributed by atoms with van der Waals surface area (Å²) in [6, 6.07) is 9.02. The average molecular weight is 430 g/mol. The third kappa shape index (κ3) is 5.63. The van der Waals surface area contributed by atoms with Crippen LogP contribution in [0.15, 0.2) is 43.0 Å². The molecule has 0 saturated heterocycles. The zero-order valence-corrected chi connectivity index (χ0v) is 18.9. The first-order valence-electron chi connectivity index (χ1n) is 9.80. The number of hydrogen-bond acceptors (Lipinski definition) is 7. The van der Waals surface area contributed by atoms with Crippen LogP contribution in [0.3, 0.4) is 0 Å². The fourth-order valence-corrected chi connectivity index (χ4v) is 3.29. The van der Waals surface area contributed by atoms with E-state index in [1.54, 1.807) is 58.8 Å². The summed E-state index contributed by atoms with van der Waals surface area (Å²) in [4.78, 5) is 11.9. The second kappa shape index (κ2) is 11.2. The summed E-state index contributed by atoms with van der Waals surface area (Å²) >= 11 is 0. The van der Waals surface area contributed by atoms with E-state index in [1.807, 2.05) is 13.0 Å². The monoisotopic (exact) mass is 430 g/mol. The zero-order valence-electron chi connectivity index (χ0n) is 18.9. The normalized spacial score (nSPS) is 12.3. The third-order valence-electron chi connectivity index (χ3n) is 4.71. The van der Waals surface area contributed by atoms with Gasteiger partial charge in [0.2, 0.25) is 5.75 Å². The molecule has 0 aliphatic rings. The summed E-state index contributed by atoms with van der Waals surface area (Å²) in [7, 11) is 6.22. The summed E-state index contributed by atoms with van der Waals surface area (Å²) in [6.07, 6.45) is 1.09. The molecule has 31 heavy (non-hydrogen) atoms. The number of ether oxygens (including phenoxy) is 6. The van der Waals surface area contributed by atoms with Crippen molar-refractivity contribution < 1.29 is 33.2 Å². The highest BCUT2D eigenvalue weighted by molar-refractivity contribution is 5.66. The Morgan fingerprint density at radius 2 is 1.58 bits per heavy atom. The second-order valence-electron chi connectivity index (χ2n) is 6.75. The van der Waals surface area contributed by atoms with Gasteiger partial charge in [0.05, 0.1) is 28.4 Å². The van der Waals surface area contributed by atoms with E-state index in [4.69, 9.17) is 28.4 Å². The van der Waals surface area contributed by atoms with Crippen molar-refractivity contribution in [2.24, 2.45) is 0 Å². The minimum absolute atomic E-state index is 0.425. The highest BCUT2D eigenvalue weighted by atomic mass is 16.6. The number of methoxy groups -OCH3 is 4. The van der Waals surface area contributed by atoms with Gasteiger partial charge in [0.15, 0.2) is 29.1 Å². The lowest BCUT2D eigenvalue weighted by Gasteiger charge is -2.27. The van der Waals surface area contributed by atoms with E-state index in [0.29, 0.717) is 40.7 Å². The largest absolute Gasteiger partial charge is 0.493 e. The van der Waals surface area contributed by atoms with E-state index in [9.17, 15) is 4.79 Å². The Bertz CT molecular complexity index is 907. The number of esters is 1. The number of allylic oxidation sites excluding steroid dienone is 1. The summed E-state index contributed by atoms with van der Waals surface area (Å²) in [5, 5.41) is 0. The van der Waals surface area contributed by atoms with Gasteiger partial charge in [-0.2, -0.15) is 0 Å². The van der Waals surface area contributed by atoms with Gasteiger partial charge in [-0.3, -0.25) is 4.79 Å². The van der Waals surface area contributed by atoms with Gasteiger partial charge < -0.3 is 28.4 Å². The Morgan fingerprint density at radius 3 is 2.13 bits per heavy atom. The molecule has 0 spiro atoms. The van der Waals surface area contributed by atoms with Crippen LogP contribution in [0.4, 0.5) is 0 Å².